The molecule has 0 radical (unpaired) electrons. The van der Waals surface area contributed by atoms with Gasteiger partial charge in [0, 0.05) is 51.6 Å². The molecule has 0 aliphatic carbocycles. The first-order chi connectivity index (χ1) is 24.9. The number of halogens is 1. The number of benzene rings is 2. The van der Waals surface area contributed by atoms with E-state index in [2.05, 4.69) is 50.6 Å². The van der Waals surface area contributed by atoms with E-state index < -0.39 is 8.07 Å². The summed E-state index contributed by atoms with van der Waals surface area (Å²) in [5.41, 5.74) is 7.32. The SMILES string of the molecule is COC[C@H](C)Oc1ccc2c(c1)C(c1cc(C)ncn1)=NC2.COC[C@H](C)Oc1ccc2nn(COCC[Si](C)(C)C)c(-c3cc(Cl)ncn3)c2c1. The first-order valence-corrected chi connectivity index (χ1v) is 21.4. The fraction of sp³-hybridized carbons (Fsp3) is 0.421. The number of rotatable bonds is 15. The molecule has 0 saturated carbocycles. The van der Waals surface area contributed by atoms with Crippen LogP contribution in [0.25, 0.3) is 22.3 Å². The molecule has 3 aromatic heterocycles. The maximum atomic E-state index is 6.13. The van der Waals surface area contributed by atoms with Crippen molar-refractivity contribution in [2.24, 2.45) is 4.99 Å². The highest BCUT2D eigenvalue weighted by atomic mass is 35.5. The van der Waals surface area contributed by atoms with Gasteiger partial charge in [0.05, 0.1) is 48.1 Å². The third kappa shape index (κ3) is 10.6. The van der Waals surface area contributed by atoms with Crippen LogP contribution in [0.3, 0.4) is 0 Å². The number of fused-ring (bicyclic) bond motifs is 2. The number of methoxy groups -OCH3 is 2. The standard InChI is InChI=1S/C21H29ClN4O3Si.C17H19N3O2/c1-15(12-27-2)29-16-6-7-18-17(10-16)21(19-11-20(22)24-13-23-19)26(25-18)14-28-8-9-30(3,4)5;1-11-6-16(20-10-19-11)17-15-7-14(22-12(2)9-21-3)5-4-13(15)8-18-17/h6-7,10-11,13,15H,8-9,12,14H2,1-5H3;4-7,10,12H,8-9H2,1-3H3/t15-;12-/m00/s1. The quantitative estimate of drug-likeness (QED) is 0.0607. The van der Waals surface area contributed by atoms with Gasteiger partial charge in [0.25, 0.3) is 0 Å². The number of nitrogens with zero attached hydrogens (tertiary/aromatic N) is 7. The second-order valence-electron chi connectivity index (χ2n) is 13.9. The minimum atomic E-state index is -1.16. The lowest BCUT2D eigenvalue weighted by atomic mass is 10.0. The first-order valence-electron chi connectivity index (χ1n) is 17.3. The molecule has 0 spiro atoms. The van der Waals surface area contributed by atoms with Gasteiger partial charge in [-0.1, -0.05) is 37.3 Å². The highest BCUT2D eigenvalue weighted by Crippen LogP contribution is 2.32. The van der Waals surface area contributed by atoms with E-state index in [0.29, 0.717) is 43.9 Å². The van der Waals surface area contributed by atoms with Crippen molar-refractivity contribution in [2.75, 3.05) is 34.0 Å². The van der Waals surface area contributed by atoms with Gasteiger partial charge in [-0.3, -0.25) is 4.99 Å². The molecule has 2 atom stereocenters. The average molecular weight is 746 g/mol. The van der Waals surface area contributed by atoms with E-state index in [1.165, 1.54) is 11.9 Å². The third-order valence-electron chi connectivity index (χ3n) is 8.06. The zero-order chi connectivity index (χ0) is 37.3. The normalized spacial score (nSPS) is 13.6. The molecule has 1 aliphatic heterocycles. The van der Waals surface area contributed by atoms with Crippen LogP contribution in [0, 0.1) is 6.92 Å². The van der Waals surface area contributed by atoms with Crippen molar-refractivity contribution >= 4 is 36.3 Å². The molecule has 0 saturated heterocycles. The van der Waals surface area contributed by atoms with Crippen LogP contribution in [0.2, 0.25) is 30.8 Å². The number of aliphatic imine (C=N–C) groups is 1. The Morgan fingerprint density at radius 1 is 0.827 bits per heavy atom. The van der Waals surface area contributed by atoms with Gasteiger partial charge in [-0.05, 0) is 68.8 Å². The van der Waals surface area contributed by atoms with E-state index >= 15 is 0 Å². The molecule has 5 aromatic rings. The molecular formula is C38H48ClN7O5Si. The lowest BCUT2D eigenvalue weighted by molar-refractivity contribution is 0.0802. The zero-order valence-electron chi connectivity index (χ0n) is 31.2. The minimum absolute atomic E-state index is 0.00568. The number of aromatic nitrogens is 6. The van der Waals surface area contributed by atoms with Crippen molar-refractivity contribution in [2.45, 2.75) is 71.9 Å². The Balaban J connectivity index is 0.000000210. The zero-order valence-corrected chi connectivity index (χ0v) is 33.0. The van der Waals surface area contributed by atoms with Gasteiger partial charge in [0.1, 0.15) is 48.2 Å². The predicted octanol–water partition coefficient (Wildman–Crippen LogP) is 7.42. The van der Waals surface area contributed by atoms with E-state index in [-0.39, 0.29) is 12.2 Å². The second kappa shape index (κ2) is 18.0. The number of hydrogen-bond donors (Lipinski definition) is 0. The molecule has 1 aliphatic rings. The van der Waals surface area contributed by atoms with Crippen LogP contribution in [0.4, 0.5) is 0 Å². The third-order valence-corrected chi connectivity index (χ3v) is 9.97. The van der Waals surface area contributed by atoms with Gasteiger partial charge in [-0.2, -0.15) is 5.10 Å². The average Bonchev–Trinajstić information content (AvgIpc) is 3.68. The van der Waals surface area contributed by atoms with Gasteiger partial charge < -0.3 is 23.7 Å². The van der Waals surface area contributed by atoms with Crippen LogP contribution >= 0.6 is 11.6 Å². The van der Waals surface area contributed by atoms with Crippen molar-refractivity contribution in [1.29, 1.82) is 0 Å². The summed E-state index contributed by atoms with van der Waals surface area (Å²) in [7, 11) is 2.17. The summed E-state index contributed by atoms with van der Waals surface area (Å²) in [4.78, 5) is 21.5. The van der Waals surface area contributed by atoms with Crippen molar-refractivity contribution in [3.05, 3.63) is 88.9 Å². The first kappa shape index (κ1) is 38.9. The highest BCUT2D eigenvalue weighted by molar-refractivity contribution is 6.76. The summed E-state index contributed by atoms with van der Waals surface area (Å²) >= 11 is 6.13. The van der Waals surface area contributed by atoms with Gasteiger partial charge in [-0.25, -0.2) is 24.6 Å². The topological polar surface area (TPSA) is 128 Å². The van der Waals surface area contributed by atoms with Crippen molar-refractivity contribution in [3.63, 3.8) is 0 Å². The van der Waals surface area contributed by atoms with Crippen molar-refractivity contribution < 1.29 is 23.7 Å². The van der Waals surface area contributed by atoms with Gasteiger partial charge >= 0.3 is 0 Å². The summed E-state index contributed by atoms with van der Waals surface area (Å²) in [5, 5.41) is 6.02. The van der Waals surface area contributed by atoms with Crippen LogP contribution in [-0.2, 0) is 27.5 Å². The molecule has 0 bridgehead atoms. The Morgan fingerprint density at radius 3 is 2.17 bits per heavy atom. The van der Waals surface area contributed by atoms with Crippen LogP contribution in [-0.4, -0.2) is 89.8 Å². The molecule has 0 fully saturated rings. The monoisotopic (exact) mass is 745 g/mol. The Hall–Kier alpha value is -4.27. The molecule has 0 N–H and O–H groups in total. The molecule has 4 heterocycles. The van der Waals surface area contributed by atoms with Crippen LogP contribution < -0.4 is 9.47 Å². The van der Waals surface area contributed by atoms with Crippen LogP contribution in [0.15, 0.2) is 66.2 Å². The molecule has 14 heteroatoms. The minimum Gasteiger partial charge on any atom is -0.488 e. The van der Waals surface area contributed by atoms with E-state index in [1.807, 2.05) is 61.9 Å². The highest BCUT2D eigenvalue weighted by Gasteiger charge is 2.21. The molecule has 52 heavy (non-hydrogen) atoms. The van der Waals surface area contributed by atoms with Gasteiger partial charge in [0.15, 0.2) is 0 Å². The number of hydrogen-bond acceptors (Lipinski definition) is 11. The van der Waals surface area contributed by atoms with E-state index in [1.54, 1.807) is 26.6 Å². The molecular weight excluding hydrogens is 698 g/mol. The van der Waals surface area contributed by atoms with E-state index in [4.69, 9.17) is 40.4 Å². The predicted molar refractivity (Wildman–Crippen MR) is 206 cm³/mol. The van der Waals surface area contributed by atoms with Gasteiger partial charge in [-0.15, -0.1) is 0 Å². The van der Waals surface area contributed by atoms with Crippen molar-refractivity contribution in [3.8, 4) is 22.9 Å². The number of ether oxygens (including phenoxy) is 5. The second-order valence-corrected chi connectivity index (χ2v) is 19.9. The molecule has 6 rings (SSSR count). The van der Waals surface area contributed by atoms with E-state index in [0.717, 1.165) is 56.8 Å². The maximum Gasteiger partial charge on any atom is 0.140 e. The smallest absolute Gasteiger partial charge is 0.140 e. The summed E-state index contributed by atoms with van der Waals surface area (Å²) in [6.45, 7) is 15.7. The summed E-state index contributed by atoms with van der Waals surface area (Å²) in [5.74, 6) is 1.57. The lowest BCUT2D eigenvalue weighted by Crippen LogP contribution is -2.22. The molecule has 0 amide bonds. The fourth-order valence-corrected chi connectivity index (χ4v) is 6.49. The maximum absolute atomic E-state index is 6.13. The lowest BCUT2D eigenvalue weighted by Gasteiger charge is -2.16. The Kier molecular flexibility index (Phi) is 13.5. The number of aryl methyl sites for hydroxylation is 1. The molecule has 0 unspecified atom stereocenters. The van der Waals surface area contributed by atoms with Gasteiger partial charge in [0.2, 0.25) is 0 Å². The van der Waals surface area contributed by atoms with Crippen LogP contribution in [0.5, 0.6) is 11.5 Å². The molecule has 276 valence electrons. The summed E-state index contributed by atoms with van der Waals surface area (Å²) < 4.78 is 29.9. The summed E-state index contributed by atoms with van der Waals surface area (Å²) in [6.07, 6.45) is 2.97. The Labute approximate surface area is 311 Å². The molecule has 2 aromatic carbocycles. The fourth-order valence-electron chi connectivity index (χ4n) is 5.58. The molecule has 12 nitrogen and oxygen atoms in total. The largest absolute Gasteiger partial charge is 0.488 e. The van der Waals surface area contributed by atoms with E-state index in [9.17, 15) is 0 Å². The van der Waals surface area contributed by atoms with Crippen molar-refractivity contribution in [1.82, 2.24) is 29.7 Å². The summed E-state index contributed by atoms with van der Waals surface area (Å²) in [6, 6.07) is 16.7. The Bertz CT molecular complexity index is 1980. The Morgan fingerprint density at radius 2 is 1.50 bits per heavy atom. The van der Waals surface area contributed by atoms with Crippen LogP contribution in [0.1, 0.15) is 36.4 Å².